The Morgan fingerprint density at radius 3 is 2.51 bits per heavy atom. The number of benzene rings is 3. The molecule has 0 saturated heterocycles. The van der Waals surface area contributed by atoms with Gasteiger partial charge in [-0.3, -0.25) is 4.79 Å². The van der Waals surface area contributed by atoms with Crippen LogP contribution in [0.15, 0.2) is 60.7 Å². The molecule has 45 heavy (non-hydrogen) atoms. The van der Waals surface area contributed by atoms with Crippen molar-refractivity contribution < 1.29 is 38.4 Å². The molecule has 0 unspecified atom stereocenters. The zero-order valence-electron chi connectivity index (χ0n) is 25.5. The van der Waals surface area contributed by atoms with E-state index in [1.807, 2.05) is 6.92 Å². The molecular weight excluding hydrogens is 582 g/mol. The lowest BCUT2D eigenvalue weighted by Crippen LogP contribution is -2.50. The number of nitrogens with one attached hydrogen (secondary N) is 3. The van der Waals surface area contributed by atoms with Crippen LogP contribution in [-0.4, -0.2) is 85.7 Å². The number of para-hydroxylation sites is 1. The van der Waals surface area contributed by atoms with Crippen molar-refractivity contribution >= 4 is 35.0 Å². The number of ether oxygens (including phenoxy) is 4. The van der Waals surface area contributed by atoms with Gasteiger partial charge in [-0.15, -0.1) is 0 Å². The molecule has 3 atom stereocenters. The van der Waals surface area contributed by atoms with E-state index in [2.05, 4.69) is 16.0 Å². The van der Waals surface area contributed by atoms with Gasteiger partial charge in [-0.1, -0.05) is 13.0 Å². The maximum Gasteiger partial charge on any atom is 0.323 e. The average Bonchev–Trinajstić information content (AvgIpc) is 3.51. The van der Waals surface area contributed by atoms with Crippen LogP contribution in [0, 0.1) is 5.92 Å². The fourth-order valence-electron chi connectivity index (χ4n) is 5.06. The summed E-state index contributed by atoms with van der Waals surface area (Å²) in [5.74, 6) is 1.36. The Morgan fingerprint density at radius 1 is 1.04 bits per heavy atom. The summed E-state index contributed by atoms with van der Waals surface area (Å²) in [5.41, 5.74) is 1.57. The van der Waals surface area contributed by atoms with Crippen molar-refractivity contribution in [1.29, 1.82) is 0 Å². The molecule has 5 amide bonds. The highest BCUT2D eigenvalue weighted by molar-refractivity contribution is 6.04. The first-order valence-corrected chi connectivity index (χ1v) is 14.5. The number of carbonyl (C=O) groups is 3. The zero-order valence-corrected chi connectivity index (χ0v) is 25.5. The van der Waals surface area contributed by atoms with E-state index in [1.54, 1.807) is 86.6 Å². The summed E-state index contributed by atoms with van der Waals surface area (Å²) in [4.78, 5) is 43.0. The third-order valence-corrected chi connectivity index (χ3v) is 7.71. The number of amides is 5. The third kappa shape index (κ3) is 7.15. The maximum absolute atomic E-state index is 13.7. The number of anilines is 3. The van der Waals surface area contributed by atoms with E-state index in [-0.39, 0.29) is 61.3 Å². The Morgan fingerprint density at radius 2 is 1.78 bits per heavy atom. The Bertz CT molecular complexity index is 1550. The highest BCUT2D eigenvalue weighted by Crippen LogP contribution is 2.36. The second kappa shape index (κ2) is 13.6. The molecule has 13 nitrogen and oxygen atoms in total. The SMILES string of the molecule is COc1ccc(NC(=O)Nc2cccc3c2O[C@@H](CN(C)C(=O)Nc2ccc4c(c2)OCO4)[C@H](C)CN([C@@H](C)CO)C3=O)cc1. The molecule has 238 valence electrons. The number of aliphatic hydroxyl groups excluding tert-OH is 1. The summed E-state index contributed by atoms with van der Waals surface area (Å²) < 4.78 is 22.4. The summed E-state index contributed by atoms with van der Waals surface area (Å²) >= 11 is 0. The highest BCUT2D eigenvalue weighted by Gasteiger charge is 2.35. The van der Waals surface area contributed by atoms with Crippen LogP contribution in [0.1, 0.15) is 24.2 Å². The van der Waals surface area contributed by atoms with E-state index >= 15 is 0 Å². The van der Waals surface area contributed by atoms with Gasteiger partial charge < -0.3 is 49.8 Å². The largest absolute Gasteiger partial charge is 0.497 e. The number of urea groups is 2. The van der Waals surface area contributed by atoms with Crippen molar-refractivity contribution in [1.82, 2.24) is 9.80 Å². The topological polar surface area (TPSA) is 151 Å². The van der Waals surface area contributed by atoms with Gasteiger partial charge >= 0.3 is 12.1 Å². The molecule has 0 radical (unpaired) electrons. The number of methoxy groups -OCH3 is 1. The van der Waals surface area contributed by atoms with E-state index in [0.29, 0.717) is 28.6 Å². The molecule has 5 rings (SSSR count). The monoisotopic (exact) mass is 619 g/mol. The van der Waals surface area contributed by atoms with E-state index in [0.717, 1.165) is 0 Å². The van der Waals surface area contributed by atoms with Gasteiger partial charge in [-0.2, -0.15) is 0 Å². The smallest absolute Gasteiger partial charge is 0.323 e. The molecule has 2 aliphatic rings. The van der Waals surface area contributed by atoms with Gasteiger partial charge in [0.2, 0.25) is 6.79 Å². The lowest BCUT2D eigenvalue weighted by molar-refractivity contribution is 0.0373. The summed E-state index contributed by atoms with van der Waals surface area (Å²) in [6.45, 7) is 3.99. The van der Waals surface area contributed by atoms with Crippen LogP contribution in [0.2, 0.25) is 0 Å². The van der Waals surface area contributed by atoms with Crippen LogP contribution >= 0.6 is 0 Å². The standard InChI is InChI=1S/C32H37N5O8/c1-19-15-37(20(2)17-38)30(39)24-6-5-7-25(35-31(40)33-21-8-11-23(42-4)12-9-21)29(24)45-28(19)16-36(3)32(41)34-22-10-13-26-27(14-22)44-18-43-26/h5-14,19-20,28,38H,15-18H2,1-4H3,(H,34,41)(H2,33,35,40)/t19-,20+,28+/m1/s1. The molecule has 0 aliphatic carbocycles. The van der Waals surface area contributed by atoms with Crippen LogP contribution in [0.25, 0.3) is 0 Å². The first-order valence-electron chi connectivity index (χ1n) is 14.5. The number of carbonyl (C=O) groups excluding carboxylic acids is 3. The van der Waals surface area contributed by atoms with Crippen molar-refractivity contribution in [3.8, 4) is 23.0 Å². The Kier molecular flexibility index (Phi) is 9.48. The molecule has 2 heterocycles. The molecule has 4 N–H and O–H groups in total. The highest BCUT2D eigenvalue weighted by atomic mass is 16.7. The van der Waals surface area contributed by atoms with Crippen LogP contribution in [0.3, 0.4) is 0 Å². The van der Waals surface area contributed by atoms with E-state index < -0.39 is 18.2 Å². The minimum absolute atomic E-state index is 0.124. The van der Waals surface area contributed by atoms with Gasteiger partial charge in [0.15, 0.2) is 17.2 Å². The summed E-state index contributed by atoms with van der Waals surface area (Å²) in [6.07, 6.45) is -0.592. The fourth-order valence-corrected chi connectivity index (χ4v) is 5.06. The summed E-state index contributed by atoms with van der Waals surface area (Å²) in [5, 5.41) is 18.4. The average molecular weight is 620 g/mol. The van der Waals surface area contributed by atoms with E-state index in [1.165, 1.54) is 4.90 Å². The van der Waals surface area contributed by atoms with Gasteiger partial charge in [0.05, 0.1) is 37.6 Å². The Labute approximate surface area is 261 Å². The summed E-state index contributed by atoms with van der Waals surface area (Å²) in [7, 11) is 3.20. The quantitative estimate of drug-likeness (QED) is 0.289. The maximum atomic E-state index is 13.7. The molecule has 0 aromatic heterocycles. The fraction of sp³-hybridized carbons (Fsp3) is 0.344. The van der Waals surface area contributed by atoms with Crippen molar-refractivity contribution in [3.63, 3.8) is 0 Å². The molecular formula is C32H37N5O8. The first kappa shape index (κ1) is 31.3. The van der Waals surface area contributed by atoms with Crippen LogP contribution in [0.5, 0.6) is 23.0 Å². The number of aliphatic hydroxyl groups is 1. The molecule has 0 bridgehead atoms. The molecule has 3 aromatic rings. The predicted octanol–water partition coefficient (Wildman–Crippen LogP) is 4.45. The van der Waals surface area contributed by atoms with E-state index in [9.17, 15) is 19.5 Å². The predicted molar refractivity (Wildman–Crippen MR) is 167 cm³/mol. The van der Waals surface area contributed by atoms with Gasteiger partial charge in [-0.25, -0.2) is 9.59 Å². The number of nitrogens with zero attached hydrogens (tertiary/aromatic N) is 2. The van der Waals surface area contributed by atoms with Crippen molar-refractivity contribution in [3.05, 3.63) is 66.2 Å². The molecule has 3 aromatic carbocycles. The number of rotatable bonds is 8. The molecule has 2 aliphatic heterocycles. The van der Waals surface area contributed by atoms with Crippen LogP contribution in [0.4, 0.5) is 26.7 Å². The van der Waals surface area contributed by atoms with Gasteiger partial charge in [-0.05, 0) is 55.5 Å². The minimum Gasteiger partial charge on any atom is -0.497 e. The number of hydrogen-bond donors (Lipinski definition) is 4. The van der Waals surface area contributed by atoms with Gasteiger partial charge in [0, 0.05) is 37.0 Å². The first-order chi connectivity index (χ1) is 21.7. The molecule has 0 spiro atoms. The number of hydrogen-bond acceptors (Lipinski definition) is 8. The molecule has 0 saturated carbocycles. The second-order valence-corrected chi connectivity index (χ2v) is 11.0. The van der Waals surface area contributed by atoms with Crippen molar-refractivity contribution in [2.75, 3.05) is 56.6 Å². The lowest BCUT2D eigenvalue weighted by Gasteiger charge is -2.38. The van der Waals surface area contributed by atoms with Crippen LogP contribution in [-0.2, 0) is 0 Å². The normalized spacial score (nSPS) is 17.6. The van der Waals surface area contributed by atoms with Crippen molar-refractivity contribution in [2.45, 2.75) is 26.0 Å². The molecule has 0 fully saturated rings. The number of likely N-dealkylation sites (N-methyl/N-ethyl adjacent to an activating group) is 1. The summed E-state index contributed by atoms with van der Waals surface area (Å²) in [6, 6.07) is 15.5. The van der Waals surface area contributed by atoms with Crippen LogP contribution < -0.4 is 34.9 Å². The van der Waals surface area contributed by atoms with E-state index in [4.69, 9.17) is 18.9 Å². The second-order valence-electron chi connectivity index (χ2n) is 11.0. The van der Waals surface area contributed by atoms with Gasteiger partial charge in [0.25, 0.3) is 5.91 Å². The van der Waals surface area contributed by atoms with Crippen molar-refractivity contribution in [2.24, 2.45) is 5.92 Å². The van der Waals surface area contributed by atoms with Gasteiger partial charge in [0.1, 0.15) is 11.9 Å². The Balaban J connectivity index is 1.38. The Hall–Kier alpha value is -5.17. The lowest BCUT2D eigenvalue weighted by atomic mass is 9.99. The molecule has 13 heteroatoms. The number of fused-ring (bicyclic) bond motifs is 2. The zero-order chi connectivity index (χ0) is 32.1. The third-order valence-electron chi connectivity index (χ3n) is 7.71. The minimum atomic E-state index is -0.592.